The number of methoxy groups -OCH3 is 2. The predicted octanol–water partition coefficient (Wildman–Crippen LogP) is 9.14. The molecule has 0 bridgehead atoms. The van der Waals surface area contributed by atoms with Crippen molar-refractivity contribution in [3.05, 3.63) is 53.6 Å². The summed E-state index contributed by atoms with van der Waals surface area (Å²) in [6.07, 6.45) is 9.17. The van der Waals surface area contributed by atoms with Gasteiger partial charge in [0.1, 0.15) is 52.9 Å². The van der Waals surface area contributed by atoms with Gasteiger partial charge in [-0.05, 0) is 104 Å². The number of ether oxygens (including phenoxy) is 7. The van der Waals surface area contributed by atoms with Gasteiger partial charge in [0.15, 0.2) is 15.7 Å². The number of hydrogen-bond donors (Lipinski definition) is 4. The van der Waals surface area contributed by atoms with Gasteiger partial charge in [0, 0.05) is 87.5 Å². The molecule has 3 rings (SSSR count). The van der Waals surface area contributed by atoms with Crippen molar-refractivity contribution >= 4 is 62.4 Å². The second-order valence-corrected chi connectivity index (χ2v) is 21.8. The van der Waals surface area contributed by atoms with Crippen molar-refractivity contribution in [3.63, 3.8) is 0 Å². The molecule has 444 valence electrons. The van der Waals surface area contributed by atoms with Crippen molar-refractivity contribution in [2.24, 2.45) is 10.2 Å². The summed E-state index contributed by atoms with van der Waals surface area (Å²) in [5.74, 6) is -0.931. The summed E-state index contributed by atoms with van der Waals surface area (Å²) < 4.78 is 66.4. The SMILES string of the molecule is COc1cc(S(=O)(=O)CCN(CCOC(=O)CCCCCOC(=O)CCCCCO)C(C)(C)C)c(OC)cc1N=Nc1c(Nc2ccccc2)nc(NCCOCCOC(=O)CCCCCOC(=O)CCCCCO)c(C#N)c1C. The molecular formula is C57H85N7O15S. The number of nitriles is 1. The first-order chi connectivity index (χ1) is 38.5. The molecule has 4 N–H and O–H groups in total. The minimum atomic E-state index is -4.01. The number of carbonyl (C=O) groups excluding carboxylic acids is 4. The van der Waals surface area contributed by atoms with Crippen molar-refractivity contribution in [2.45, 2.75) is 141 Å². The smallest absolute Gasteiger partial charge is 0.305 e. The molecule has 0 amide bonds. The Morgan fingerprint density at radius 2 is 1.20 bits per heavy atom. The van der Waals surface area contributed by atoms with Crippen LogP contribution >= 0.6 is 0 Å². The number of nitrogens with zero attached hydrogens (tertiary/aromatic N) is 5. The number of esters is 4. The third kappa shape index (κ3) is 26.2. The van der Waals surface area contributed by atoms with Gasteiger partial charge in [-0.2, -0.15) is 5.26 Å². The first-order valence-corrected chi connectivity index (χ1v) is 29.2. The summed E-state index contributed by atoms with van der Waals surface area (Å²) in [7, 11) is -1.29. The van der Waals surface area contributed by atoms with Crippen LogP contribution in [-0.4, -0.2) is 150 Å². The molecule has 0 aliphatic rings. The first kappa shape index (κ1) is 67.8. The number of unbranched alkanes of at least 4 members (excludes halogenated alkanes) is 8. The second kappa shape index (κ2) is 38.2. The molecule has 0 saturated carbocycles. The molecule has 0 fully saturated rings. The Kier molecular flexibility index (Phi) is 32.4. The van der Waals surface area contributed by atoms with E-state index in [0.717, 1.165) is 12.8 Å². The molecule has 2 aromatic carbocycles. The molecule has 0 radical (unpaired) electrons. The number of pyridine rings is 1. The zero-order valence-electron chi connectivity index (χ0n) is 47.7. The molecule has 0 spiro atoms. The maximum absolute atomic E-state index is 14.1. The number of aromatic nitrogens is 1. The van der Waals surface area contributed by atoms with Crippen LogP contribution < -0.4 is 20.1 Å². The highest BCUT2D eigenvalue weighted by Crippen LogP contribution is 2.41. The zero-order valence-corrected chi connectivity index (χ0v) is 48.5. The third-order valence-electron chi connectivity index (χ3n) is 12.5. The molecule has 1 heterocycles. The zero-order chi connectivity index (χ0) is 58.6. The lowest BCUT2D eigenvalue weighted by atomic mass is 10.1. The van der Waals surface area contributed by atoms with E-state index in [2.05, 4.69) is 26.9 Å². The maximum Gasteiger partial charge on any atom is 0.305 e. The molecule has 3 aromatic rings. The van der Waals surface area contributed by atoms with Crippen LogP contribution in [0.15, 0.2) is 57.6 Å². The lowest BCUT2D eigenvalue weighted by Crippen LogP contribution is -2.45. The Morgan fingerprint density at radius 1 is 0.662 bits per heavy atom. The lowest BCUT2D eigenvalue weighted by molar-refractivity contribution is -0.146. The van der Waals surface area contributed by atoms with Crippen molar-refractivity contribution < 1.29 is 71.0 Å². The standard InChI is InChI=1S/C57H85N7O15S/c1-43-45(42-58)55(59-28-35-75-37-38-79-53(70)27-17-11-21-34-77-51(68)25-15-9-19-32-66)61-56(60-44-22-12-7-13-23-44)54(43)63-62-46-40-48(74-6)49(41-47(46)73-5)80(71,72)39-30-64(57(2,3)4)29-36-78-52(69)26-16-10-20-33-76-50(67)24-14-8-18-31-65/h7,12-13,22-23,40-41,65-66H,8-11,14-21,24-39H2,1-6H3,(H2,59,60,61). The van der Waals surface area contributed by atoms with Gasteiger partial charge in [-0.1, -0.05) is 31.0 Å². The van der Waals surface area contributed by atoms with Crippen LogP contribution in [-0.2, 0) is 52.7 Å². The van der Waals surface area contributed by atoms with Gasteiger partial charge < -0.3 is 54.0 Å². The van der Waals surface area contributed by atoms with E-state index in [-0.39, 0.29) is 153 Å². The minimum absolute atomic E-state index is 0.00434. The van der Waals surface area contributed by atoms with Gasteiger partial charge >= 0.3 is 23.9 Å². The molecule has 80 heavy (non-hydrogen) atoms. The summed E-state index contributed by atoms with van der Waals surface area (Å²) in [5.41, 5.74) is 1.18. The van der Waals surface area contributed by atoms with Gasteiger partial charge in [0.25, 0.3) is 0 Å². The minimum Gasteiger partial charge on any atom is -0.495 e. The van der Waals surface area contributed by atoms with Gasteiger partial charge in [-0.3, -0.25) is 24.1 Å². The Balaban J connectivity index is 1.61. The molecule has 0 aliphatic heterocycles. The monoisotopic (exact) mass is 1140 g/mol. The lowest BCUT2D eigenvalue weighted by Gasteiger charge is -2.35. The fourth-order valence-corrected chi connectivity index (χ4v) is 9.34. The fourth-order valence-electron chi connectivity index (χ4n) is 7.93. The number of aliphatic hydroxyl groups is 2. The molecular weight excluding hydrogens is 1050 g/mol. The molecule has 23 heteroatoms. The van der Waals surface area contributed by atoms with E-state index in [4.69, 9.17) is 48.4 Å². The molecule has 0 saturated heterocycles. The van der Waals surface area contributed by atoms with Crippen molar-refractivity contribution in [3.8, 4) is 17.6 Å². The van der Waals surface area contributed by atoms with E-state index in [1.165, 1.54) is 26.4 Å². The maximum atomic E-state index is 14.1. The molecule has 22 nitrogen and oxygen atoms in total. The van der Waals surface area contributed by atoms with Gasteiger partial charge in [0.05, 0.1) is 52.0 Å². The van der Waals surface area contributed by atoms with E-state index in [0.29, 0.717) is 94.9 Å². The van der Waals surface area contributed by atoms with E-state index in [9.17, 15) is 32.9 Å². The summed E-state index contributed by atoms with van der Waals surface area (Å²) in [5, 5.41) is 43.5. The molecule has 0 unspecified atom stereocenters. The number of para-hydroxylation sites is 1. The predicted molar refractivity (Wildman–Crippen MR) is 302 cm³/mol. The van der Waals surface area contributed by atoms with Crippen LogP contribution in [0.1, 0.15) is 135 Å². The number of anilines is 3. The highest BCUT2D eigenvalue weighted by molar-refractivity contribution is 7.91. The number of rotatable bonds is 42. The Morgan fingerprint density at radius 3 is 1.73 bits per heavy atom. The molecule has 0 atom stereocenters. The summed E-state index contributed by atoms with van der Waals surface area (Å²) in [6, 6.07) is 14.2. The Hall–Kier alpha value is -6.45. The van der Waals surface area contributed by atoms with Crippen molar-refractivity contribution in [1.82, 2.24) is 9.88 Å². The van der Waals surface area contributed by atoms with E-state index in [1.807, 2.05) is 56.0 Å². The number of azo groups is 1. The van der Waals surface area contributed by atoms with E-state index in [1.54, 1.807) is 6.92 Å². The largest absolute Gasteiger partial charge is 0.495 e. The van der Waals surface area contributed by atoms with Crippen LogP contribution in [0.4, 0.5) is 28.7 Å². The van der Waals surface area contributed by atoms with Crippen LogP contribution in [0.25, 0.3) is 0 Å². The number of nitrogens with one attached hydrogen (secondary N) is 2. The van der Waals surface area contributed by atoms with Gasteiger partial charge in [-0.25, -0.2) is 13.4 Å². The number of benzene rings is 2. The number of aliphatic hydroxyl groups excluding tert-OH is 2. The summed E-state index contributed by atoms with van der Waals surface area (Å²) in [6.45, 7) is 9.46. The van der Waals surface area contributed by atoms with Crippen molar-refractivity contribution in [2.75, 3.05) is 103 Å². The second-order valence-electron chi connectivity index (χ2n) is 19.7. The first-order valence-electron chi connectivity index (χ1n) is 27.6. The van der Waals surface area contributed by atoms with Gasteiger partial charge in [-0.15, -0.1) is 10.2 Å². The van der Waals surface area contributed by atoms with Crippen molar-refractivity contribution in [1.29, 1.82) is 5.26 Å². The van der Waals surface area contributed by atoms with Crippen LogP contribution in [0.3, 0.4) is 0 Å². The van der Waals surface area contributed by atoms with Crippen LogP contribution in [0.5, 0.6) is 11.5 Å². The summed E-state index contributed by atoms with van der Waals surface area (Å²) in [4.78, 5) is 54.9. The summed E-state index contributed by atoms with van der Waals surface area (Å²) >= 11 is 0. The number of hydrogen-bond acceptors (Lipinski definition) is 22. The number of carbonyl (C=O) groups is 4. The number of sulfone groups is 1. The average Bonchev–Trinajstić information content (AvgIpc) is 3.44. The Labute approximate surface area is 472 Å². The Bertz CT molecular complexity index is 2540. The normalized spacial score (nSPS) is 11.6. The highest BCUT2D eigenvalue weighted by atomic mass is 32.2. The van der Waals surface area contributed by atoms with Crippen LogP contribution in [0.2, 0.25) is 0 Å². The molecule has 0 aliphatic carbocycles. The van der Waals surface area contributed by atoms with E-state index >= 15 is 0 Å². The van der Waals surface area contributed by atoms with Crippen LogP contribution in [0, 0.1) is 18.3 Å². The average molecular weight is 1140 g/mol. The quantitative estimate of drug-likeness (QED) is 0.0178. The van der Waals surface area contributed by atoms with E-state index < -0.39 is 15.4 Å². The van der Waals surface area contributed by atoms with Gasteiger partial charge in [0.2, 0.25) is 0 Å². The third-order valence-corrected chi connectivity index (χ3v) is 14.2. The topological polar surface area (TPSA) is 296 Å². The highest BCUT2D eigenvalue weighted by Gasteiger charge is 2.28. The molecule has 1 aromatic heterocycles. The fraction of sp³-hybridized carbons (Fsp3) is 0.614.